The van der Waals surface area contributed by atoms with E-state index >= 15 is 0 Å². The lowest BCUT2D eigenvalue weighted by molar-refractivity contribution is 0.0534. The summed E-state index contributed by atoms with van der Waals surface area (Å²) in [5.74, 6) is -0.112. The Bertz CT molecular complexity index is 407. The van der Waals surface area contributed by atoms with Gasteiger partial charge >= 0.3 is 5.97 Å². The van der Waals surface area contributed by atoms with E-state index < -0.39 is 0 Å². The fourth-order valence-electron chi connectivity index (χ4n) is 2.47. The number of cyclic esters (lactones) is 1. The zero-order chi connectivity index (χ0) is 9.54. The molecular formula is C12H12O2. The van der Waals surface area contributed by atoms with Crippen LogP contribution < -0.4 is 0 Å². The SMILES string of the molecule is O=C1OCc2ccc3c(c21)CCCC3. The number of carbonyl (C=O) groups is 1. The first-order valence-electron chi connectivity index (χ1n) is 5.17. The fourth-order valence-corrected chi connectivity index (χ4v) is 2.47. The van der Waals surface area contributed by atoms with Crippen molar-refractivity contribution in [2.45, 2.75) is 32.3 Å². The van der Waals surface area contributed by atoms with Gasteiger partial charge in [-0.25, -0.2) is 4.79 Å². The van der Waals surface area contributed by atoms with E-state index in [1.165, 1.54) is 24.0 Å². The molecule has 2 heteroatoms. The number of fused-ring (bicyclic) bond motifs is 3. The summed E-state index contributed by atoms with van der Waals surface area (Å²) >= 11 is 0. The summed E-state index contributed by atoms with van der Waals surface area (Å²) in [7, 11) is 0. The van der Waals surface area contributed by atoms with Crippen LogP contribution in [-0.2, 0) is 24.2 Å². The highest BCUT2D eigenvalue weighted by Crippen LogP contribution is 2.31. The number of hydrogen-bond donors (Lipinski definition) is 0. The molecule has 0 aromatic heterocycles. The lowest BCUT2D eigenvalue weighted by Crippen LogP contribution is -2.09. The molecule has 3 rings (SSSR count). The molecule has 1 aromatic carbocycles. The third kappa shape index (κ3) is 0.999. The predicted octanol–water partition coefficient (Wildman–Crippen LogP) is 2.24. The Morgan fingerprint density at radius 2 is 1.86 bits per heavy atom. The second-order valence-corrected chi connectivity index (χ2v) is 4.02. The van der Waals surface area contributed by atoms with E-state index in [2.05, 4.69) is 6.07 Å². The quantitative estimate of drug-likeness (QED) is 0.583. The zero-order valence-electron chi connectivity index (χ0n) is 8.01. The van der Waals surface area contributed by atoms with Crippen LogP contribution in [-0.4, -0.2) is 5.97 Å². The first-order chi connectivity index (χ1) is 6.86. The van der Waals surface area contributed by atoms with Crippen molar-refractivity contribution in [3.05, 3.63) is 34.4 Å². The maximum atomic E-state index is 11.5. The molecule has 0 bridgehead atoms. The molecule has 0 amide bonds. The summed E-state index contributed by atoms with van der Waals surface area (Å²) in [6.07, 6.45) is 4.63. The third-order valence-corrected chi connectivity index (χ3v) is 3.18. The summed E-state index contributed by atoms with van der Waals surface area (Å²) < 4.78 is 5.05. The molecule has 0 atom stereocenters. The van der Waals surface area contributed by atoms with Crippen molar-refractivity contribution in [2.75, 3.05) is 0 Å². The number of ether oxygens (including phenoxy) is 1. The van der Waals surface area contributed by atoms with Crippen molar-refractivity contribution < 1.29 is 9.53 Å². The Balaban J connectivity index is 2.23. The Morgan fingerprint density at radius 3 is 2.79 bits per heavy atom. The molecule has 14 heavy (non-hydrogen) atoms. The summed E-state index contributed by atoms with van der Waals surface area (Å²) in [5.41, 5.74) is 4.57. The van der Waals surface area contributed by atoms with Crippen molar-refractivity contribution in [3.8, 4) is 0 Å². The number of esters is 1. The molecule has 0 N–H and O–H groups in total. The maximum Gasteiger partial charge on any atom is 0.339 e. The molecule has 0 unspecified atom stereocenters. The topological polar surface area (TPSA) is 26.3 Å². The predicted molar refractivity (Wildman–Crippen MR) is 52.2 cm³/mol. The number of aryl methyl sites for hydroxylation is 1. The molecule has 0 fully saturated rings. The second kappa shape index (κ2) is 2.84. The van der Waals surface area contributed by atoms with Crippen LogP contribution in [0.25, 0.3) is 0 Å². The second-order valence-electron chi connectivity index (χ2n) is 4.02. The molecule has 1 aliphatic carbocycles. The van der Waals surface area contributed by atoms with Gasteiger partial charge in [-0.1, -0.05) is 12.1 Å². The minimum absolute atomic E-state index is 0.112. The van der Waals surface area contributed by atoms with Gasteiger partial charge in [-0.2, -0.15) is 0 Å². The molecule has 0 saturated heterocycles. The van der Waals surface area contributed by atoms with Gasteiger partial charge in [0.25, 0.3) is 0 Å². The molecule has 2 aliphatic rings. The molecule has 1 heterocycles. The summed E-state index contributed by atoms with van der Waals surface area (Å²) in [5, 5.41) is 0. The average molecular weight is 188 g/mol. The van der Waals surface area contributed by atoms with Crippen molar-refractivity contribution in [3.63, 3.8) is 0 Å². The van der Waals surface area contributed by atoms with Crippen LogP contribution in [0.4, 0.5) is 0 Å². The van der Waals surface area contributed by atoms with Crippen molar-refractivity contribution in [1.29, 1.82) is 0 Å². The number of hydrogen-bond acceptors (Lipinski definition) is 2. The monoisotopic (exact) mass is 188 g/mol. The fraction of sp³-hybridized carbons (Fsp3) is 0.417. The van der Waals surface area contributed by atoms with E-state index in [9.17, 15) is 4.79 Å². The van der Waals surface area contributed by atoms with E-state index in [0.29, 0.717) is 6.61 Å². The van der Waals surface area contributed by atoms with Crippen LogP contribution >= 0.6 is 0 Å². The standard InChI is InChI=1S/C12H12O2/c13-12-11-9(7-14-12)6-5-8-3-1-2-4-10(8)11/h5-6H,1-4,7H2. The molecule has 72 valence electrons. The number of benzene rings is 1. The van der Waals surface area contributed by atoms with E-state index in [-0.39, 0.29) is 5.97 Å². The van der Waals surface area contributed by atoms with E-state index in [0.717, 1.165) is 24.0 Å². The Morgan fingerprint density at radius 1 is 1.07 bits per heavy atom. The van der Waals surface area contributed by atoms with Crippen LogP contribution in [0, 0.1) is 0 Å². The van der Waals surface area contributed by atoms with Gasteiger partial charge in [0.05, 0.1) is 5.56 Å². The number of rotatable bonds is 0. The third-order valence-electron chi connectivity index (χ3n) is 3.18. The number of carbonyl (C=O) groups excluding carboxylic acids is 1. The Labute approximate surface area is 82.9 Å². The molecule has 1 aliphatic heterocycles. The summed E-state index contributed by atoms with van der Waals surface area (Å²) in [4.78, 5) is 11.5. The van der Waals surface area contributed by atoms with Gasteiger partial charge in [0.15, 0.2) is 0 Å². The lowest BCUT2D eigenvalue weighted by Gasteiger charge is -2.17. The van der Waals surface area contributed by atoms with Crippen molar-refractivity contribution in [2.24, 2.45) is 0 Å². The highest BCUT2D eigenvalue weighted by atomic mass is 16.5. The van der Waals surface area contributed by atoms with Gasteiger partial charge in [-0.15, -0.1) is 0 Å². The smallest absolute Gasteiger partial charge is 0.339 e. The highest BCUT2D eigenvalue weighted by Gasteiger charge is 2.27. The minimum atomic E-state index is -0.112. The maximum absolute atomic E-state index is 11.5. The molecule has 0 spiro atoms. The van der Waals surface area contributed by atoms with Crippen molar-refractivity contribution in [1.82, 2.24) is 0 Å². The normalized spacial score (nSPS) is 18.7. The summed E-state index contributed by atoms with van der Waals surface area (Å²) in [6, 6.07) is 4.21. The molecule has 1 aromatic rings. The molecule has 0 radical (unpaired) electrons. The van der Waals surface area contributed by atoms with Crippen LogP contribution in [0.5, 0.6) is 0 Å². The van der Waals surface area contributed by atoms with Crippen LogP contribution in [0.15, 0.2) is 12.1 Å². The molecule has 2 nitrogen and oxygen atoms in total. The van der Waals surface area contributed by atoms with Gasteiger partial charge < -0.3 is 4.74 Å². The van der Waals surface area contributed by atoms with Gasteiger partial charge in [0, 0.05) is 5.56 Å². The largest absolute Gasteiger partial charge is 0.457 e. The first-order valence-corrected chi connectivity index (χ1v) is 5.17. The highest BCUT2D eigenvalue weighted by molar-refractivity contribution is 5.95. The van der Waals surface area contributed by atoms with E-state index in [1.54, 1.807) is 0 Å². The van der Waals surface area contributed by atoms with Gasteiger partial charge in [0.1, 0.15) is 6.61 Å². The minimum Gasteiger partial charge on any atom is -0.457 e. The Kier molecular flexibility index (Phi) is 1.63. The van der Waals surface area contributed by atoms with Gasteiger partial charge in [0.2, 0.25) is 0 Å². The average Bonchev–Trinajstić information content (AvgIpc) is 2.61. The van der Waals surface area contributed by atoms with Crippen LogP contribution in [0.1, 0.15) is 39.9 Å². The first kappa shape index (κ1) is 8.04. The zero-order valence-corrected chi connectivity index (χ0v) is 8.01. The van der Waals surface area contributed by atoms with E-state index in [4.69, 9.17) is 4.74 Å². The van der Waals surface area contributed by atoms with Crippen LogP contribution in [0.2, 0.25) is 0 Å². The van der Waals surface area contributed by atoms with Gasteiger partial charge in [-0.05, 0) is 36.8 Å². The Hall–Kier alpha value is -1.31. The van der Waals surface area contributed by atoms with E-state index in [1.807, 2.05) is 6.07 Å². The van der Waals surface area contributed by atoms with Crippen LogP contribution in [0.3, 0.4) is 0 Å². The van der Waals surface area contributed by atoms with Gasteiger partial charge in [-0.3, -0.25) is 0 Å². The van der Waals surface area contributed by atoms with Crippen molar-refractivity contribution >= 4 is 5.97 Å². The lowest BCUT2D eigenvalue weighted by atomic mass is 9.87. The summed E-state index contributed by atoms with van der Waals surface area (Å²) in [6.45, 7) is 0.474. The molecular weight excluding hydrogens is 176 g/mol. The molecule has 0 saturated carbocycles.